The van der Waals surface area contributed by atoms with Crippen molar-refractivity contribution >= 4 is 22.8 Å². The number of rotatable bonds is 5. The van der Waals surface area contributed by atoms with Crippen LogP contribution < -0.4 is 5.32 Å². The molecule has 1 aromatic heterocycles. The number of benzene rings is 2. The lowest BCUT2D eigenvalue weighted by Crippen LogP contribution is -2.28. The van der Waals surface area contributed by atoms with Crippen molar-refractivity contribution in [3.8, 4) is 0 Å². The molecule has 0 radical (unpaired) electrons. The van der Waals surface area contributed by atoms with Crippen LogP contribution in [0, 0.1) is 5.82 Å². The minimum atomic E-state index is -0.700. The van der Waals surface area contributed by atoms with E-state index >= 15 is 0 Å². The Balaban J connectivity index is 1.54. The van der Waals surface area contributed by atoms with Gasteiger partial charge in [-0.15, -0.1) is 0 Å². The summed E-state index contributed by atoms with van der Waals surface area (Å²) in [5.74, 6) is -1.63. The van der Waals surface area contributed by atoms with Crippen LogP contribution in [0.15, 0.2) is 48.5 Å². The molecule has 1 amide bonds. The number of carbonyl (C=O) groups is 2. The topological polar surface area (TPSA) is 84.1 Å². The van der Waals surface area contributed by atoms with Crippen LogP contribution >= 0.6 is 0 Å². The normalized spacial score (nSPS) is 10.5. The van der Waals surface area contributed by atoms with Crippen molar-refractivity contribution in [2.75, 3.05) is 6.61 Å². The van der Waals surface area contributed by atoms with Crippen LogP contribution in [0.25, 0.3) is 10.9 Å². The van der Waals surface area contributed by atoms with Crippen LogP contribution in [0.1, 0.15) is 16.1 Å². The zero-order valence-corrected chi connectivity index (χ0v) is 12.6. The van der Waals surface area contributed by atoms with Crippen LogP contribution in [0.4, 0.5) is 4.39 Å². The molecule has 0 bridgehead atoms. The van der Waals surface area contributed by atoms with Gasteiger partial charge < -0.3 is 10.1 Å². The van der Waals surface area contributed by atoms with Gasteiger partial charge in [0.15, 0.2) is 12.3 Å². The summed E-state index contributed by atoms with van der Waals surface area (Å²) < 4.78 is 18.4. The van der Waals surface area contributed by atoms with E-state index in [1.165, 1.54) is 6.07 Å². The summed E-state index contributed by atoms with van der Waals surface area (Å²) in [6.07, 6.45) is 0. The maximum absolute atomic E-state index is 13.4. The highest BCUT2D eigenvalue weighted by Gasteiger charge is 2.16. The predicted molar refractivity (Wildman–Crippen MR) is 84.6 cm³/mol. The third kappa shape index (κ3) is 3.40. The molecule has 6 nitrogen and oxygen atoms in total. The van der Waals surface area contributed by atoms with Gasteiger partial charge in [-0.3, -0.25) is 9.89 Å². The van der Waals surface area contributed by atoms with Crippen molar-refractivity contribution in [2.45, 2.75) is 6.54 Å². The van der Waals surface area contributed by atoms with Crippen molar-refractivity contribution in [1.29, 1.82) is 0 Å². The molecule has 7 heteroatoms. The van der Waals surface area contributed by atoms with Crippen LogP contribution in [0.5, 0.6) is 0 Å². The molecule has 122 valence electrons. The Bertz CT molecular complexity index is 891. The van der Waals surface area contributed by atoms with Crippen molar-refractivity contribution in [3.05, 3.63) is 65.6 Å². The van der Waals surface area contributed by atoms with Crippen molar-refractivity contribution in [3.63, 3.8) is 0 Å². The van der Waals surface area contributed by atoms with Crippen molar-refractivity contribution in [2.24, 2.45) is 0 Å². The smallest absolute Gasteiger partial charge is 0.359 e. The van der Waals surface area contributed by atoms with Gasteiger partial charge >= 0.3 is 5.97 Å². The molecule has 3 rings (SSSR count). The number of halogens is 1. The Labute approximate surface area is 136 Å². The minimum Gasteiger partial charge on any atom is -0.451 e. The second-order valence-corrected chi connectivity index (χ2v) is 5.06. The Kier molecular flexibility index (Phi) is 4.51. The third-order valence-electron chi connectivity index (χ3n) is 3.43. The third-order valence-corrected chi connectivity index (χ3v) is 3.43. The summed E-state index contributed by atoms with van der Waals surface area (Å²) in [5.41, 5.74) is 1.18. The highest BCUT2D eigenvalue weighted by atomic mass is 19.1. The number of para-hydroxylation sites is 1. The van der Waals surface area contributed by atoms with Gasteiger partial charge in [-0.25, -0.2) is 9.18 Å². The van der Waals surface area contributed by atoms with E-state index in [1.807, 2.05) is 6.07 Å². The first-order chi connectivity index (χ1) is 11.6. The van der Waals surface area contributed by atoms with Crippen LogP contribution in [0.3, 0.4) is 0 Å². The molecule has 0 atom stereocenters. The molecule has 0 spiro atoms. The number of hydrogen-bond donors (Lipinski definition) is 2. The van der Waals surface area contributed by atoms with Crippen LogP contribution in [-0.2, 0) is 16.1 Å². The molecule has 24 heavy (non-hydrogen) atoms. The number of H-pyrrole nitrogens is 1. The lowest BCUT2D eigenvalue weighted by Gasteiger charge is -2.06. The fraction of sp³-hybridized carbons (Fsp3) is 0.118. The molecule has 0 aliphatic rings. The summed E-state index contributed by atoms with van der Waals surface area (Å²) >= 11 is 0. The second-order valence-electron chi connectivity index (χ2n) is 5.06. The number of fused-ring (bicyclic) bond motifs is 1. The van der Waals surface area contributed by atoms with E-state index < -0.39 is 24.3 Å². The van der Waals surface area contributed by atoms with Crippen LogP contribution in [-0.4, -0.2) is 28.7 Å². The molecule has 0 fully saturated rings. The molecule has 1 heterocycles. The number of aromatic nitrogens is 2. The van der Waals surface area contributed by atoms with Gasteiger partial charge in [0.05, 0.1) is 5.52 Å². The minimum absolute atomic E-state index is 0.0222. The predicted octanol–water partition coefficient (Wildman–Crippen LogP) is 2.18. The first-order valence-corrected chi connectivity index (χ1v) is 7.25. The van der Waals surface area contributed by atoms with E-state index in [9.17, 15) is 14.0 Å². The number of amides is 1. The molecule has 3 aromatic rings. The van der Waals surface area contributed by atoms with E-state index in [1.54, 1.807) is 36.4 Å². The summed E-state index contributed by atoms with van der Waals surface area (Å²) in [5, 5.41) is 9.73. The summed E-state index contributed by atoms with van der Waals surface area (Å²) in [6.45, 7) is -0.442. The van der Waals surface area contributed by atoms with E-state index in [4.69, 9.17) is 4.74 Å². The zero-order chi connectivity index (χ0) is 16.9. The first kappa shape index (κ1) is 15.7. The van der Waals surface area contributed by atoms with Crippen LogP contribution in [0.2, 0.25) is 0 Å². The van der Waals surface area contributed by atoms with Gasteiger partial charge in [0.25, 0.3) is 5.91 Å². The SMILES string of the molecule is O=C(COC(=O)c1n[nH]c2ccccc12)NCc1ccccc1F. The molecular weight excluding hydrogens is 313 g/mol. The number of ether oxygens (including phenoxy) is 1. The maximum Gasteiger partial charge on any atom is 0.359 e. The Morgan fingerprint density at radius 2 is 1.88 bits per heavy atom. The Morgan fingerprint density at radius 3 is 2.71 bits per heavy atom. The molecule has 0 saturated heterocycles. The summed E-state index contributed by atoms with van der Waals surface area (Å²) in [6, 6.07) is 13.2. The maximum atomic E-state index is 13.4. The monoisotopic (exact) mass is 327 g/mol. The van der Waals surface area contributed by atoms with Crippen molar-refractivity contribution < 1.29 is 18.7 Å². The molecule has 2 N–H and O–H groups in total. The number of nitrogens with one attached hydrogen (secondary N) is 2. The first-order valence-electron chi connectivity index (χ1n) is 7.25. The largest absolute Gasteiger partial charge is 0.451 e. The lowest BCUT2D eigenvalue weighted by molar-refractivity contribution is -0.124. The average molecular weight is 327 g/mol. The molecule has 2 aromatic carbocycles. The molecule has 0 unspecified atom stereocenters. The number of esters is 1. The Hall–Kier alpha value is -3.22. The van der Waals surface area contributed by atoms with Gasteiger partial charge in [0.1, 0.15) is 5.82 Å². The number of aromatic amines is 1. The quantitative estimate of drug-likeness (QED) is 0.704. The van der Waals surface area contributed by atoms with Gasteiger partial charge in [-0.1, -0.05) is 36.4 Å². The zero-order valence-electron chi connectivity index (χ0n) is 12.6. The molecule has 0 aliphatic heterocycles. The van der Waals surface area contributed by atoms with E-state index in [2.05, 4.69) is 15.5 Å². The fourth-order valence-electron chi connectivity index (χ4n) is 2.21. The van der Waals surface area contributed by atoms with Gasteiger partial charge in [0, 0.05) is 17.5 Å². The summed E-state index contributed by atoms with van der Waals surface area (Å²) in [4.78, 5) is 23.7. The molecular formula is C17H14FN3O3. The molecule has 0 saturated carbocycles. The van der Waals surface area contributed by atoms with Gasteiger partial charge in [-0.05, 0) is 12.1 Å². The Morgan fingerprint density at radius 1 is 1.12 bits per heavy atom. The standard InChI is InChI=1S/C17H14FN3O3/c18-13-7-3-1-5-11(13)9-19-15(22)10-24-17(23)16-12-6-2-4-8-14(12)20-21-16/h1-8H,9-10H2,(H,19,22)(H,20,21). The molecule has 0 aliphatic carbocycles. The number of nitrogens with zero attached hydrogens (tertiary/aromatic N) is 1. The average Bonchev–Trinajstić information content (AvgIpc) is 3.03. The van der Waals surface area contributed by atoms with Crippen molar-refractivity contribution in [1.82, 2.24) is 15.5 Å². The lowest BCUT2D eigenvalue weighted by atomic mass is 10.2. The van der Waals surface area contributed by atoms with Gasteiger partial charge in [-0.2, -0.15) is 5.10 Å². The van der Waals surface area contributed by atoms with Gasteiger partial charge in [0.2, 0.25) is 0 Å². The van der Waals surface area contributed by atoms with E-state index in [0.717, 1.165) is 0 Å². The van der Waals surface area contributed by atoms with E-state index in [-0.39, 0.29) is 12.2 Å². The van der Waals surface area contributed by atoms with E-state index in [0.29, 0.717) is 16.5 Å². The summed E-state index contributed by atoms with van der Waals surface area (Å²) in [7, 11) is 0. The fourth-order valence-corrected chi connectivity index (χ4v) is 2.21. The second kappa shape index (κ2) is 6.91. The highest BCUT2D eigenvalue weighted by molar-refractivity contribution is 6.02. The highest BCUT2D eigenvalue weighted by Crippen LogP contribution is 2.15. The number of hydrogen-bond acceptors (Lipinski definition) is 4. The number of carbonyl (C=O) groups excluding carboxylic acids is 2.